The summed E-state index contributed by atoms with van der Waals surface area (Å²) in [6.45, 7) is 8.78. The van der Waals surface area contributed by atoms with Gasteiger partial charge >= 0.3 is 0 Å². The molecule has 2 aromatic heterocycles. The number of aryl methyl sites for hydroxylation is 2. The Kier molecular flexibility index (Phi) is 4.55. The van der Waals surface area contributed by atoms with Crippen LogP contribution >= 0.6 is 0 Å². The Balaban J connectivity index is 2.50. The molecule has 4 heteroatoms. The third kappa shape index (κ3) is 2.75. The lowest BCUT2D eigenvalue weighted by Gasteiger charge is -2.20. The van der Waals surface area contributed by atoms with Gasteiger partial charge in [-0.15, -0.1) is 0 Å². The highest BCUT2D eigenvalue weighted by atomic mass is 19.1. The van der Waals surface area contributed by atoms with Gasteiger partial charge in [-0.2, -0.15) is 0 Å². The minimum Gasteiger partial charge on any atom is -0.466 e. The van der Waals surface area contributed by atoms with Crippen LogP contribution in [-0.2, 0) is 0 Å². The average molecular weight is 276 g/mol. The molecule has 0 aromatic carbocycles. The van der Waals surface area contributed by atoms with Crippen molar-refractivity contribution in [3.63, 3.8) is 0 Å². The van der Waals surface area contributed by atoms with Crippen molar-refractivity contribution in [3.8, 4) is 0 Å². The molecule has 108 valence electrons. The van der Waals surface area contributed by atoms with Crippen LogP contribution < -0.4 is 5.32 Å². The number of furan rings is 1. The molecule has 1 atom stereocenters. The van der Waals surface area contributed by atoms with E-state index in [0.717, 1.165) is 35.6 Å². The van der Waals surface area contributed by atoms with Crippen LogP contribution in [0.2, 0.25) is 0 Å². The number of hydrogen-bond acceptors (Lipinski definition) is 3. The summed E-state index contributed by atoms with van der Waals surface area (Å²) in [4.78, 5) is 3.83. The molecule has 0 spiro atoms. The second-order valence-corrected chi connectivity index (χ2v) is 5.04. The molecule has 0 saturated heterocycles. The Bertz CT molecular complexity index is 592. The highest BCUT2D eigenvalue weighted by Crippen LogP contribution is 2.32. The van der Waals surface area contributed by atoms with E-state index in [1.807, 2.05) is 20.8 Å². The lowest BCUT2D eigenvalue weighted by atomic mass is 9.95. The Morgan fingerprint density at radius 1 is 1.30 bits per heavy atom. The molecule has 1 N–H and O–H groups in total. The van der Waals surface area contributed by atoms with Crippen LogP contribution in [0.5, 0.6) is 0 Å². The minimum absolute atomic E-state index is 0.199. The maximum Gasteiger partial charge on any atom is 0.146 e. The maximum atomic E-state index is 14.1. The monoisotopic (exact) mass is 276 g/mol. The van der Waals surface area contributed by atoms with Crippen molar-refractivity contribution in [3.05, 3.63) is 52.5 Å². The molecule has 2 rings (SSSR count). The molecule has 0 amide bonds. The van der Waals surface area contributed by atoms with Crippen molar-refractivity contribution in [1.82, 2.24) is 10.3 Å². The smallest absolute Gasteiger partial charge is 0.146 e. The first-order valence-corrected chi connectivity index (χ1v) is 6.95. The van der Waals surface area contributed by atoms with Crippen LogP contribution in [0.15, 0.2) is 22.9 Å². The zero-order valence-electron chi connectivity index (χ0n) is 12.5. The summed E-state index contributed by atoms with van der Waals surface area (Å²) in [5.41, 5.74) is 2.72. The fourth-order valence-corrected chi connectivity index (χ4v) is 2.51. The summed E-state index contributed by atoms with van der Waals surface area (Å²) in [6, 6.07) is 1.53. The van der Waals surface area contributed by atoms with Gasteiger partial charge in [-0.3, -0.25) is 4.98 Å². The van der Waals surface area contributed by atoms with Gasteiger partial charge in [-0.25, -0.2) is 4.39 Å². The molecule has 0 fully saturated rings. The van der Waals surface area contributed by atoms with E-state index in [1.165, 1.54) is 6.20 Å². The third-order valence-electron chi connectivity index (χ3n) is 3.62. The van der Waals surface area contributed by atoms with E-state index in [9.17, 15) is 4.39 Å². The van der Waals surface area contributed by atoms with E-state index in [0.29, 0.717) is 5.56 Å². The topological polar surface area (TPSA) is 38.1 Å². The zero-order chi connectivity index (χ0) is 14.7. The van der Waals surface area contributed by atoms with Crippen LogP contribution in [0.25, 0.3) is 0 Å². The number of rotatable bonds is 5. The Hall–Kier alpha value is -1.68. The molecular weight excluding hydrogens is 255 g/mol. The molecule has 0 aliphatic heterocycles. The number of nitrogens with one attached hydrogen (secondary N) is 1. The molecular formula is C16H21FN2O. The van der Waals surface area contributed by atoms with Crippen LogP contribution in [-0.4, -0.2) is 11.5 Å². The molecule has 0 bridgehead atoms. The second-order valence-electron chi connectivity index (χ2n) is 5.04. The molecule has 20 heavy (non-hydrogen) atoms. The van der Waals surface area contributed by atoms with Crippen LogP contribution in [0, 0.1) is 26.6 Å². The van der Waals surface area contributed by atoms with Gasteiger partial charge in [0.25, 0.3) is 0 Å². The van der Waals surface area contributed by atoms with E-state index in [2.05, 4.69) is 17.2 Å². The first kappa shape index (κ1) is 14.7. The average Bonchev–Trinajstić information content (AvgIpc) is 2.67. The van der Waals surface area contributed by atoms with Gasteiger partial charge < -0.3 is 9.73 Å². The second kappa shape index (κ2) is 6.18. The molecule has 2 aromatic rings. The predicted molar refractivity (Wildman–Crippen MR) is 77.3 cm³/mol. The quantitative estimate of drug-likeness (QED) is 0.902. The lowest BCUT2D eigenvalue weighted by molar-refractivity contribution is 0.489. The standard InChI is InChI=1S/C16H21FN2O/c1-5-7-19-16(13-6-8-18-9-14(13)17)15-10(2)11(3)20-12(15)4/h6,8-9,16,19H,5,7H2,1-4H3. The van der Waals surface area contributed by atoms with Crippen LogP contribution in [0.1, 0.15) is 47.6 Å². The predicted octanol–water partition coefficient (Wildman–Crippen LogP) is 3.83. The van der Waals surface area contributed by atoms with Crippen molar-refractivity contribution in [2.45, 2.75) is 40.2 Å². The largest absolute Gasteiger partial charge is 0.466 e. The highest BCUT2D eigenvalue weighted by Gasteiger charge is 2.24. The molecule has 2 heterocycles. The number of halogens is 1. The molecule has 0 aliphatic rings. The van der Waals surface area contributed by atoms with Crippen molar-refractivity contribution < 1.29 is 8.81 Å². The van der Waals surface area contributed by atoms with Gasteiger partial charge in [0.1, 0.15) is 17.3 Å². The van der Waals surface area contributed by atoms with Crippen LogP contribution in [0.4, 0.5) is 4.39 Å². The Morgan fingerprint density at radius 3 is 2.60 bits per heavy atom. The van der Waals surface area contributed by atoms with Gasteiger partial charge in [0.15, 0.2) is 0 Å². The molecule has 0 saturated carbocycles. The number of pyridine rings is 1. The minimum atomic E-state index is -0.293. The van der Waals surface area contributed by atoms with Gasteiger partial charge in [0.2, 0.25) is 0 Å². The normalized spacial score (nSPS) is 12.7. The fraction of sp³-hybridized carbons (Fsp3) is 0.438. The zero-order valence-corrected chi connectivity index (χ0v) is 12.5. The summed E-state index contributed by atoms with van der Waals surface area (Å²) in [7, 11) is 0. The van der Waals surface area contributed by atoms with Gasteiger partial charge in [-0.1, -0.05) is 6.92 Å². The summed E-state index contributed by atoms with van der Waals surface area (Å²) < 4.78 is 19.8. The molecule has 1 unspecified atom stereocenters. The van der Waals surface area contributed by atoms with E-state index in [4.69, 9.17) is 4.42 Å². The number of hydrogen-bond donors (Lipinski definition) is 1. The van der Waals surface area contributed by atoms with E-state index in [-0.39, 0.29) is 11.9 Å². The fourth-order valence-electron chi connectivity index (χ4n) is 2.51. The molecule has 3 nitrogen and oxygen atoms in total. The van der Waals surface area contributed by atoms with Crippen molar-refractivity contribution in [2.24, 2.45) is 0 Å². The molecule has 0 radical (unpaired) electrons. The Labute approximate surface area is 119 Å². The Morgan fingerprint density at radius 2 is 2.05 bits per heavy atom. The number of nitrogens with zero attached hydrogens (tertiary/aromatic N) is 1. The molecule has 0 aliphatic carbocycles. The van der Waals surface area contributed by atoms with Crippen molar-refractivity contribution in [2.75, 3.05) is 6.54 Å². The third-order valence-corrected chi connectivity index (χ3v) is 3.62. The van der Waals surface area contributed by atoms with Crippen molar-refractivity contribution >= 4 is 0 Å². The van der Waals surface area contributed by atoms with E-state index < -0.39 is 0 Å². The first-order chi connectivity index (χ1) is 9.56. The lowest BCUT2D eigenvalue weighted by Crippen LogP contribution is -2.25. The first-order valence-electron chi connectivity index (χ1n) is 6.95. The van der Waals surface area contributed by atoms with Gasteiger partial charge in [0, 0.05) is 17.3 Å². The van der Waals surface area contributed by atoms with E-state index in [1.54, 1.807) is 12.3 Å². The summed E-state index contributed by atoms with van der Waals surface area (Å²) in [6.07, 6.45) is 3.86. The maximum absolute atomic E-state index is 14.1. The van der Waals surface area contributed by atoms with Gasteiger partial charge in [0.05, 0.1) is 12.2 Å². The summed E-state index contributed by atoms with van der Waals surface area (Å²) >= 11 is 0. The van der Waals surface area contributed by atoms with E-state index >= 15 is 0 Å². The summed E-state index contributed by atoms with van der Waals surface area (Å²) in [5, 5.41) is 3.41. The van der Waals surface area contributed by atoms with Crippen molar-refractivity contribution in [1.29, 1.82) is 0 Å². The van der Waals surface area contributed by atoms with Gasteiger partial charge in [-0.05, 0) is 45.4 Å². The SMILES string of the molecule is CCCNC(c1ccncc1F)c1c(C)oc(C)c1C. The number of aromatic nitrogens is 1. The highest BCUT2D eigenvalue weighted by molar-refractivity contribution is 5.40. The summed E-state index contributed by atoms with van der Waals surface area (Å²) in [5.74, 6) is 1.43. The van der Waals surface area contributed by atoms with Crippen LogP contribution in [0.3, 0.4) is 0 Å².